The van der Waals surface area contributed by atoms with Crippen LogP contribution in [0.4, 0.5) is 19.0 Å². The van der Waals surface area contributed by atoms with E-state index in [1.807, 2.05) is 5.32 Å². The molecule has 2 heterocycles. The molecule has 0 spiro atoms. The first-order valence-corrected chi connectivity index (χ1v) is 9.84. The standard InChI is InChI=1S/C20H11Cl2F3N4O4/c21-9-5-7-10(8-6-9)29-14-13(16(31)27-18(29)33)19(17(32)26-14,20(23,24)25)28-15(30)11-3-1-2-4-12(11)22/h1-8H,(H,26,32)(H,28,30)(H,27,31,33)/t19-/m1/s1. The summed E-state index contributed by atoms with van der Waals surface area (Å²) in [5, 5.41) is 3.66. The van der Waals surface area contributed by atoms with Crippen LogP contribution in [0.2, 0.25) is 10.0 Å². The van der Waals surface area contributed by atoms with Crippen molar-refractivity contribution in [2.24, 2.45) is 0 Å². The van der Waals surface area contributed by atoms with Crippen molar-refractivity contribution in [1.29, 1.82) is 0 Å². The number of hydrogen-bond donors (Lipinski definition) is 3. The van der Waals surface area contributed by atoms with Crippen molar-refractivity contribution in [3.8, 4) is 5.69 Å². The Hall–Kier alpha value is -3.57. The second-order valence-corrected chi connectivity index (χ2v) is 7.77. The Bertz CT molecular complexity index is 1420. The lowest BCUT2D eigenvalue weighted by molar-refractivity contribution is -0.196. The van der Waals surface area contributed by atoms with Crippen LogP contribution >= 0.6 is 23.2 Å². The van der Waals surface area contributed by atoms with E-state index in [1.165, 1.54) is 42.5 Å². The molecular formula is C20H11Cl2F3N4O4. The molecule has 2 amide bonds. The minimum absolute atomic E-state index is 0.00704. The number of aromatic nitrogens is 2. The Kier molecular flexibility index (Phi) is 5.33. The first-order chi connectivity index (χ1) is 15.5. The molecule has 3 N–H and O–H groups in total. The molecule has 0 radical (unpaired) electrons. The van der Waals surface area contributed by atoms with E-state index in [0.717, 1.165) is 6.07 Å². The molecule has 33 heavy (non-hydrogen) atoms. The van der Waals surface area contributed by atoms with E-state index in [0.29, 0.717) is 4.57 Å². The summed E-state index contributed by atoms with van der Waals surface area (Å²) in [6, 6.07) is 10.5. The van der Waals surface area contributed by atoms with Crippen molar-refractivity contribution in [1.82, 2.24) is 14.9 Å². The molecule has 1 aromatic heterocycles. The summed E-state index contributed by atoms with van der Waals surface area (Å²) in [4.78, 5) is 52.4. The SMILES string of the molecule is O=C(N[C@@]1(C(F)(F)F)C(=O)Nc2c1c(=O)[nH]c(=O)n2-c1ccc(Cl)cc1)c1ccccc1Cl. The lowest BCUT2D eigenvalue weighted by Crippen LogP contribution is -2.62. The zero-order valence-corrected chi connectivity index (χ0v) is 17.6. The average molecular weight is 499 g/mol. The number of aromatic amines is 1. The van der Waals surface area contributed by atoms with E-state index < -0.39 is 46.2 Å². The molecule has 0 saturated heterocycles. The Balaban J connectivity index is 1.98. The van der Waals surface area contributed by atoms with E-state index >= 15 is 0 Å². The Morgan fingerprint density at radius 2 is 1.64 bits per heavy atom. The van der Waals surface area contributed by atoms with Gasteiger partial charge in [0.25, 0.3) is 22.9 Å². The Morgan fingerprint density at radius 1 is 1.00 bits per heavy atom. The Morgan fingerprint density at radius 3 is 2.24 bits per heavy atom. The molecule has 0 bridgehead atoms. The van der Waals surface area contributed by atoms with Crippen LogP contribution in [0.25, 0.3) is 5.69 Å². The van der Waals surface area contributed by atoms with Crippen molar-refractivity contribution in [2.75, 3.05) is 5.32 Å². The van der Waals surface area contributed by atoms with Gasteiger partial charge in [-0.25, -0.2) is 9.36 Å². The Labute approximate surface area is 191 Å². The predicted molar refractivity (Wildman–Crippen MR) is 113 cm³/mol. The number of anilines is 1. The van der Waals surface area contributed by atoms with Gasteiger partial charge in [-0.3, -0.25) is 19.4 Å². The fourth-order valence-electron chi connectivity index (χ4n) is 3.50. The normalized spacial score (nSPS) is 17.4. The molecule has 4 rings (SSSR count). The summed E-state index contributed by atoms with van der Waals surface area (Å²) >= 11 is 11.7. The quantitative estimate of drug-likeness (QED) is 0.515. The van der Waals surface area contributed by atoms with Crippen LogP contribution in [0.15, 0.2) is 58.1 Å². The maximum Gasteiger partial charge on any atom is 0.425 e. The minimum atomic E-state index is -5.48. The van der Waals surface area contributed by atoms with Crippen molar-refractivity contribution in [3.63, 3.8) is 0 Å². The van der Waals surface area contributed by atoms with Crippen LogP contribution in [0.1, 0.15) is 15.9 Å². The number of carbonyl (C=O) groups is 2. The van der Waals surface area contributed by atoms with Gasteiger partial charge in [-0.1, -0.05) is 35.3 Å². The number of halogens is 5. The van der Waals surface area contributed by atoms with Crippen LogP contribution in [0, 0.1) is 0 Å². The highest BCUT2D eigenvalue weighted by Gasteiger charge is 2.68. The fraction of sp³-hybridized carbons (Fsp3) is 0.100. The van der Waals surface area contributed by atoms with Crippen LogP contribution in [0.5, 0.6) is 0 Å². The summed E-state index contributed by atoms with van der Waals surface area (Å²) in [6.45, 7) is 0. The summed E-state index contributed by atoms with van der Waals surface area (Å²) in [5.41, 5.74) is -7.96. The molecule has 1 aliphatic rings. The molecule has 0 unspecified atom stereocenters. The first-order valence-electron chi connectivity index (χ1n) is 9.08. The van der Waals surface area contributed by atoms with Crippen molar-refractivity contribution in [2.45, 2.75) is 11.7 Å². The highest BCUT2D eigenvalue weighted by Crippen LogP contribution is 2.45. The third-order valence-corrected chi connectivity index (χ3v) is 5.57. The van der Waals surface area contributed by atoms with Crippen LogP contribution in [0.3, 0.4) is 0 Å². The second kappa shape index (κ2) is 7.78. The molecule has 3 aromatic rings. The van der Waals surface area contributed by atoms with E-state index in [1.54, 1.807) is 10.3 Å². The summed E-state index contributed by atoms with van der Waals surface area (Å²) in [5.74, 6) is -3.87. The van der Waals surface area contributed by atoms with Crippen LogP contribution in [-0.4, -0.2) is 27.5 Å². The van der Waals surface area contributed by atoms with Gasteiger partial charge in [0, 0.05) is 5.02 Å². The number of nitrogens with one attached hydrogen (secondary N) is 3. The van der Waals surface area contributed by atoms with Crippen LogP contribution in [-0.2, 0) is 10.3 Å². The molecule has 1 atom stereocenters. The highest BCUT2D eigenvalue weighted by atomic mass is 35.5. The second-order valence-electron chi connectivity index (χ2n) is 6.93. The number of hydrogen-bond acceptors (Lipinski definition) is 4. The molecule has 2 aromatic carbocycles. The van der Waals surface area contributed by atoms with E-state index in [4.69, 9.17) is 23.2 Å². The smallest absolute Gasteiger partial charge is 0.326 e. The maximum atomic E-state index is 14.4. The first kappa shape index (κ1) is 22.6. The van der Waals surface area contributed by atoms with Gasteiger partial charge >= 0.3 is 11.9 Å². The fourth-order valence-corrected chi connectivity index (χ4v) is 3.85. The van der Waals surface area contributed by atoms with Crippen molar-refractivity contribution < 1.29 is 22.8 Å². The monoisotopic (exact) mass is 498 g/mol. The molecule has 13 heteroatoms. The van der Waals surface area contributed by atoms with E-state index in [2.05, 4.69) is 0 Å². The van der Waals surface area contributed by atoms with Crippen molar-refractivity contribution >= 4 is 40.8 Å². The number of fused-ring (bicyclic) bond motifs is 1. The highest BCUT2D eigenvalue weighted by molar-refractivity contribution is 6.34. The molecule has 8 nitrogen and oxygen atoms in total. The number of rotatable bonds is 3. The third-order valence-electron chi connectivity index (χ3n) is 4.99. The van der Waals surface area contributed by atoms with Gasteiger partial charge in [-0.15, -0.1) is 0 Å². The number of carbonyl (C=O) groups excluding carboxylic acids is 2. The van der Waals surface area contributed by atoms with Gasteiger partial charge in [-0.05, 0) is 36.4 Å². The maximum absolute atomic E-state index is 14.4. The van der Waals surface area contributed by atoms with E-state index in [-0.39, 0.29) is 21.3 Å². The minimum Gasteiger partial charge on any atom is -0.326 e. The number of benzene rings is 2. The summed E-state index contributed by atoms with van der Waals surface area (Å²) < 4.78 is 43.9. The molecule has 1 aliphatic heterocycles. The van der Waals surface area contributed by atoms with E-state index in [9.17, 15) is 32.3 Å². The lowest BCUT2D eigenvalue weighted by atomic mass is 9.91. The number of nitrogens with zero attached hydrogens (tertiary/aromatic N) is 1. The van der Waals surface area contributed by atoms with Gasteiger partial charge in [0.05, 0.1) is 16.3 Å². The van der Waals surface area contributed by atoms with Crippen LogP contribution < -0.4 is 21.9 Å². The average Bonchev–Trinajstić information content (AvgIpc) is 3.02. The third kappa shape index (κ3) is 3.49. The number of alkyl halides is 3. The van der Waals surface area contributed by atoms with Crippen molar-refractivity contribution in [3.05, 3.63) is 90.5 Å². The number of amides is 2. The zero-order chi connectivity index (χ0) is 24.1. The predicted octanol–water partition coefficient (Wildman–Crippen LogP) is 2.97. The summed E-state index contributed by atoms with van der Waals surface area (Å²) in [7, 11) is 0. The van der Waals surface area contributed by atoms with Gasteiger partial charge in [0.1, 0.15) is 11.4 Å². The molecule has 170 valence electrons. The van der Waals surface area contributed by atoms with Gasteiger partial charge in [0.2, 0.25) is 0 Å². The molecule has 0 saturated carbocycles. The summed E-state index contributed by atoms with van der Waals surface area (Å²) in [6.07, 6.45) is -5.48. The molecule has 0 aliphatic carbocycles. The molecule has 0 fully saturated rings. The van der Waals surface area contributed by atoms with Gasteiger partial charge in [-0.2, -0.15) is 13.2 Å². The lowest BCUT2D eigenvalue weighted by Gasteiger charge is -2.30. The largest absolute Gasteiger partial charge is 0.425 e. The number of H-pyrrole nitrogens is 1. The molecular weight excluding hydrogens is 488 g/mol. The van der Waals surface area contributed by atoms with Gasteiger partial charge in [0.15, 0.2) is 0 Å². The topological polar surface area (TPSA) is 113 Å². The van der Waals surface area contributed by atoms with Gasteiger partial charge < -0.3 is 10.6 Å². The zero-order valence-electron chi connectivity index (χ0n) is 16.1.